The molecule has 5 nitrogen and oxygen atoms in total. The number of halogens is 1. The molecule has 2 aromatic rings. The van der Waals surface area contributed by atoms with Crippen molar-refractivity contribution in [3.05, 3.63) is 16.7 Å². The average Bonchev–Trinajstić information content (AvgIpc) is 2.76. The maximum Gasteiger partial charge on any atom is 0.242 e. The van der Waals surface area contributed by atoms with Crippen molar-refractivity contribution < 1.29 is 4.79 Å². The molecule has 96 valence electrons. The van der Waals surface area contributed by atoms with E-state index >= 15 is 0 Å². The molecule has 7 heteroatoms. The molecule has 0 fully saturated rings. The minimum Gasteiger partial charge on any atom is -0.368 e. The Bertz CT molecular complexity index is 600. The fourth-order valence-electron chi connectivity index (χ4n) is 1.51. The Kier molecular flexibility index (Phi) is 3.41. The highest BCUT2D eigenvalue weighted by molar-refractivity contribution is 7.16. The molecule has 0 saturated carbocycles. The number of nitrogens with zero attached hydrogens (tertiary/aromatic N) is 2. The van der Waals surface area contributed by atoms with Gasteiger partial charge in [-0.25, -0.2) is 9.97 Å². The normalized spacial score (nSPS) is 14.4. The van der Waals surface area contributed by atoms with Crippen LogP contribution in [0.3, 0.4) is 0 Å². The number of nitrogens with one attached hydrogen (secondary N) is 1. The summed E-state index contributed by atoms with van der Waals surface area (Å²) in [5, 5.41) is 5.96. The summed E-state index contributed by atoms with van der Waals surface area (Å²) in [5.41, 5.74) is 4.56. The van der Waals surface area contributed by atoms with E-state index in [0.29, 0.717) is 12.2 Å². The van der Waals surface area contributed by atoms with Gasteiger partial charge in [0.05, 0.1) is 5.39 Å². The maximum absolute atomic E-state index is 11.5. The average molecular weight is 285 g/mol. The first kappa shape index (κ1) is 13.0. The van der Waals surface area contributed by atoms with E-state index in [-0.39, 0.29) is 5.28 Å². The highest BCUT2D eigenvalue weighted by Gasteiger charge is 2.30. The lowest BCUT2D eigenvalue weighted by Crippen LogP contribution is -2.47. The van der Waals surface area contributed by atoms with Gasteiger partial charge in [0.25, 0.3) is 0 Å². The lowest BCUT2D eigenvalue weighted by Gasteiger charge is -2.26. The molecule has 18 heavy (non-hydrogen) atoms. The molecule has 2 aromatic heterocycles. The van der Waals surface area contributed by atoms with Crippen LogP contribution in [-0.4, -0.2) is 21.4 Å². The van der Waals surface area contributed by atoms with Crippen molar-refractivity contribution >= 4 is 44.9 Å². The minimum atomic E-state index is -0.855. The molecule has 0 bridgehead atoms. The van der Waals surface area contributed by atoms with Crippen molar-refractivity contribution in [3.63, 3.8) is 0 Å². The molecular formula is C11H13ClN4OS. The van der Waals surface area contributed by atoms with Crippen LogP contribution in [0.2, 0.25) is 5.28 Å². The SMILES string of the molecule is CCC(C)(Nc1nc(Cl)nc2sccc12)C(N)=O. The van der Waals surface area contributed by atoms with Crippen LogP contribution in [0.4, 0.5) is 5.82 Å². The van der Waals surface area contributed by atoms with Gasteiger partial charge >= 0.3 is 0 Å². The number of thiophene rings is 1. The molecule has 3 N–H and O–H groups in total. The van der Waals surface area contributed by atoms with Crippen molar-refractivity contribution in [1.82, 2.24) is 9.97 Å². The van der Waals surface area contributed by atoms with Crippen LogP contribution in [-0.2, 0) is 4.79 Å². The summed E-state index contributed by atoms with van der Waals surface area (Å²) in [7, 11) is 0. The number of nitrogens with two attached hydrogens (primary N) is 1. The second-order valence-corrected chi connectivity index (χ2v) is 5.39. The third-order valence-corrected chi connectivity index (χ3v) is 3.92. The smallest absolute Gasteiger partial charge is 0.242 e. The highest BCUT2D eigenvalue weighted by atomic mass is 35.5. The van der Waals surface area contributed by atoms with Crippen LogP contribution in [0, 0.1) is 0 Å². The van der Waals surface area contributed by atoms with E-state index in [2.05, 4.69) is 15.3 Å². The first-order chi connectivity index (χ1) is 8.46. The fraction of sp³-hybridized carbons (Fsp3) is 0.364. The van der Waals surface area contributed by atoms with Crippen LogP contribution in [0.1, 0.15) is 20.3 Å². The van der Waals surface area contributed by atoms with Gasteiger partial charge in [-0.05, 0) is 36.4 Å². The van der Waals surface area contributed by atoms with Gasteiger partial charge in [0.2, 0.25) is 11.2 Å². The molecule has 0 spiro atoms. The number of rotatable bonds is 4. The summed E-state index contributed by atoms with van der Waals surface area (Å²) in [6.45, 7) is 3.62. The van der Waals surface area contributed by atoms with Gasteiger partial charge in [-0.15, -0.1) is 11.3 Å². The highest BCUT2D eigenvalue weighted by Crippen LogP contribution is 2.29. The molecule has 0 saturated heterocycles. The Balaban J connectivity index is 2.48. The molecule has 1 amide bonds. The Hall–Kier alpha value is -1.40. The Morgan fingerprint density at radius 3 is 2.94 bits per heavy atom. The van der Waals surface area contributed by atoms with Gasteiger partial charge in [-0.1, -0.05) is 6.92 Å². The number of anilines is 1. The zero-order chi connectivity index (χ0) is 13.3. The quantitative estimate of drug-likeness (QED) is 0.845. The van der Waals surface area contributed by atoms with Crippen LogP contribution < -0.4 is 11.1 Å². The van der Waals surface area contributed by atoms with E-state index < -0.39 is 11.4 Å². The van der Waals surface area contributed by atoms with Crippen molar-refractivity contribution in [3.8, 4) is 0 Å². The van der Waals surface area contributed by atoms with Gasteiger partial charge in [0.15, 0.2) is 0 Å². The van der Waals surface area contributed by atoms with E-state index in [1.807, 2.05) is 18.4 Å². The summed E-state index contributed by atoms with van der Waals surface area (Å²) >= 11 is 7.33. The van der Waals surface area contributed by atoms with Gasteiger partial charge in [0.1, 0.15) is 16.2 Å². The molecule has 1 unspecified atom stereocenters. The topological polar surface area (TPSA) is 80.9 Å². The largest absolute Gasteiger partial charge is 0.368 e. The number of carbonyl (C=O) groups excluding carboxylic acids is 1. The molecule has 2 rings (SSSR count). The number of amides is 1. The number of aromatic nitrogens is 2. The van der Waals surface area contributed by atoms with Crippen LogP contribution >= 0.6 is 22.9 Å². The predicted octanol–water partition coefficient (Wildman–Crippen LogP) is 2.41. The zero-order valence-corrected chi connectivity index (χ0v) is 11.6. The van der Waals surface area contributed by atoms with E-state index in [1.165, 1.54) is 11.3 Å². The van der Waals surface area contributed by atoms with Gasteiger partial charge in [-0.3, -0.25) is 4.79 Å². The summed E-state index contributed by atoms with van der Waals surface area (Å²) in [4.78, 5) is 20.5. The molecule has 0 aliphatic carbocycles. The monoisotopic (exact) mass is 284 g/mol. The summed E-state index contributed by atoms with van der Waals surface area (Å²) in [5.74, 6) is 0.109. The van der Waals surface area contributed by atoms with E-state index in [1.54, 1.807) is 6.92 Å². The van der Waals surface area contributed by atoms with Crippen LogP contribution in [0.15, 0.2) is 11.4 Å². The van der Waals surface area contributed by atoms with Gasteiger partial charge in [0, 0.05) is 0 Å². The fourth-order valence-corrected chi connectivity index (χ4v) is 2.49. The summed E-state index contributed by atoms with van der Waals surface area (Å²) < 4.78 is 0. The third kappa shape index (κ3) is 2.26. The Labute approximate surface area is 113 Å². The summed E-state index contributed by atoms with van der Waals surface area (Å²) in [6.07, 6.45) is 0.551. The maximum atomic E-state index is 11.5. The number of fused-ring (bicyclic) bond motifs is 1. The van der Waals surface area contributed by atoms with Gasteiger partial charge in [-0.2, -0.15) is 0 Å². The second kappa shape index (κ2) is 4.70. The first-order valence-electron chi connectivity index (χ1n) is 5.45. The van der Waals surface area contributed by atoms with Crippen molar-refractivity contribution in [2.45, 2.75) is 25.8 Å². The molecule has 0 aliphatic heterocycles. The molecule has 1 atom stereocenters. The van der Waals surface area contributed by atoms with Gasteiger partial charge < -0.3 is 11.1 Å². The lowest BCUT2D eigenvalue weighted by molar-refractivity contribution is -0.121. The van der Waals surface area contributed by atoms with Crippen molar-refractivity contribution in [2.75, 3.05) is 5.32 Å². The van der Waals surface area contributed by atoms with E-state index in [9.17, 15) is 4.79 Å². The van der Waals surface area contributed by atoms with E-state index in [4.69, 9.17) is 17.3 Å². The molecule has 0 aromatic carbocycles. The lowest BCUT2D eigenvalue weighted by atomic mass is 9.98. The van der Waals surface area contributed by atoms with Crippen molar-refractivity contribution in [1.29, 1.82) is 0 Å². The predicted molar refractivity (Wildman–Crippen MR) is 73.9 cm³/mol. The number of carbonyl (C=O) groups is 1. The number of hydrogen-bond acceptors (Lipinski definition) is 5. The third-order valence-electron chi connectivity index (χ3n) is 2.94. The van der Waals surface area contributed by atoms with Crippen LogP contribution in [0.5, 0.6) is 0 Å². The minimum absolute atomic E-state index is 0.148. The molecule has 0 radical (unpaired) electrons. The van der Waals surface area contributed by atoms with E-state index in [0.717, 1.165) is 10.2 Å². The standard InChI is InChI=1S/C11H13ClN4OS/c1-3-11(2,9(13)17)16-7-6-4-5-18-8(6)15-10(12)14-7/h4-5H,3H2,1-2H3,(H2,13,17)(H,14,15,16). The zero-order valence-electron chi connectivity index (χ0n) is 10.0. The van der Waals surface area contributed by atoms with Crippen molar-refractivity contribution in [2.24, 2.45) is 5.73 Å². The number of hydrogen-bond donors (Lipinski definition) is 2. The number of primary amides is 1. The molecule has 0 aliphatic rings. The Morgan fingerprint density at radius 2 is 2.33 bits per heavy atom. The second-order valence-electron chi connectivity index (χ2n) is 4.16. The summed E-state index contributed by atoms with van der Waals surface area (Å²) in [6, 6.07) is 1.88. The van der Waals surface area contributed by atoms with Crippen LogP contribution in [0.25, 0.3) is 10.2 Å². The first-order valence-corrected chi connectivity index (χ1v) is 6.71. The molecular weight excluding hydrogens is 272 g/mol. The Morgan fingerprint density at radius 1 is 1.61 bits per heavy atom. The molecule has 2 heterocycles.